The van der Waals surface area contributed by atoms with E-state index in [1.807, 2.05) is 0 Å². The van der Waals surface area contributed by atoms with E-state index in [-0.39, 0.29) is 29.4 Å². The lowest BCUT2D eigenvalue weighted by Crippen LogP contribution is -2.37. The molecule has 1 N–H and O–H groups in total. The molecule has 0 aliphatic carbocycles. The maximum atomic E-state index is 14.0. The molecular weight excluding hydrogens is 404 g/mol. The zero-order chi connectivity index (χ0) is 21.7. The number of nitrogens with zero attached hydrogens (tertiary/aromatic N) is 1. The van der Waals surface area contributed by atoms with Crippen molar-refractivity contribution in [1.82, 2.24) is 10.3 Å². The van der Waals surface area contributed by atoms with Crippen molar-refractivity contribution < 1.29 is 31.5 Å². The van der Waals surface area contributed by atoms with Gasteiger partial charge in [-0.05, 0) is 31.2 Å². The minimum absolute atomic E-state index is 0.111. The van der Waals surface area contributed by atoms with E-state index in [4.69, 9.17) is 4.42 Å². The summed E-state index contributed by atoms with van der Waals surface area (Å²) in [5, 5.41) is 2.58. The SMILES string of the molecule is CC(COCC(F)(F)F)NC(=O)c1ccccc1-c1ncc(-c2ccccc2F)o1. The van der Waals surface area contributed by atoms with Crippen LogP contribution in [0, 0.1) is 5.82 Å². The Balaban J connectivity index is 1.75. The molecule has 30 heavy (non-hydrogen) atoms. The van der Waals surface area contributed by atoms with Gasteiger partial charge in [0.05, 0.1) is 23.9 Å². The fourth-order valence-corrected chi connectivity index (χ4v) is 2.75. The summed E-state index contributed by atoms with van der Waals surface area (Å²) in [5.41, 5.74) is 0.803. The number of rotatable bonds is 7. The van der Waals surface area contributed by atoms with Crippen LogP contribution < -0.4 is 5.32 Å². The molecule has 1 amide bonds. The highest BCUT2D eigenvalue weighted by Crippen LogP contribution is 2.29. The topological polar surface area (TPSA) is 64.4 Å². The second kappa shape index (κ2) is 9.08. The molecule has 0 fully saturated rings. The lowest BCUT2D eigenvalue weighted by molar-refractivity contribution is -0.174. The van der Waals surface area contributed by atoms with Gasteiger partial charge in [-0.15, -0.1) is 0 Å². The number of amides is 1. The van der Waals surface area contributed by atoms with E-state index in [1.165, 1.54) is 25.3 Å². The van der Waals surface area contributed by atoms with Gasteiger partial charge in [0, 0.05) is 11.6 Å². The minimum Gasteiger partial charge on any atom is -0.436 e. The first kappa shape index (κ1) is 21.5. The van der Waals surface area contributed by atoms with Crippen molar-refractivity contribution in [2.24, 2.45) is 0 Å². The first-order valence-electron chi connectivity index (χ1n) is 9.00. The van der Waals surface area contributed by atoms with Gasteiger partial charge in [-0.2, -0.15) is 13.2 Å². The molecule has 0 saturated heterocycles. The van der Waals surface area contributed by atoms with Crippen LogP contribution in [-0.4, -0.2) is 36.3 Å². The van der Waals surface area contributed by atoms with Gasteiger partial charge in [0.15, 0.2) is 5.76 Å². The molecule has 2 aromatic carbocycles. The average Bonchev–Trinajstić information content (AvgIpc) is 3.17. The zero-order valence-corrected chi connectivity index (χ0v) is 15.9. The van der Waals surface area contributed by atoms with Crippen LogP contribution in [0.2, 0.25) is 0 Å². The lowest BCUT2D eigenvalue weighted by atomic mass is 10.1. The van der Waals surface area contributed by atoms with Gasteiger partial charge in [-0.1, -0.05) is 24.3 Å². The molecule has 0 aliphatic rings. The van der Waals surface area contributed by atoms with Gasteiger partial charge < -0.3 is 14.5 Å². The Morgan fingerprint density at radius 1 is 1.13 bits per heavy atom. The number of benzene rings is 2. The standard InChI is InChI=1S/C21H18F4N2O3/c1-13(11-29-12-21(23,24)25)27-19(28)14-6-2-3-7-15(14)20-26-10-18(30-20)16-8-4-5-9-17(16)22/h2-10,13H,11-12H2,1H3,(H,27,28). The number of aromatic nitrogens is 1. The fourth-order valence-electron chi connectivity index (χ4n) is 2.75. The Morgan fingerprint density at radius 3 is 2.50 bits per heavy atom. The summed E-state index contributed by atoms with van der Waals surface area (Å²) in [4.78, 5) is 16.8. The zero-order valence-electron chi connectivity index (χ0n) is 15.9. The maximum Gasteiger partial charge on any atom is 0.411 e. The van der Waals surface area contributed by atoms with Gasteiger partial charge in [0.1, 0.15) is 12.4 Å². The summed E-state index contributed by atoms with van der Waals surface area (Å²) in [6.45, 7) is -0.166. The Bertz CT molecular complexity index is 1020. The molecular formula is C21H18F4N2O3. The van der Waals surface area contributed by atoms with Crippen molar-refractivity contribution in [2.45, 2.75) is 19.1 Å². The van der Waals surface area contributed by atoms with Crippen LogP contribution in [0.25, 0.3) is 22.8 Å². The smallest absolute Gasteiger partial charge is 0.411 e. The van der Waals surface area contributed by atoms with Crippen LogP contribution >= 0.6 is 0 Å². The van der Waals surface area contributed by atoms with Crippen molar-refractivity contribution in [3.05, 3.63) is 66.1 Å². The number of alkyl halides is 3. The minimum atomic E-state index is -4.43. The molecule has 3 aromatic rings. The van der Waals surface area contributed by atoms with Gasteiger partial charge in [0.25, 0.3) is 5.91 Å². The van der Waals surface area contributed by atoms with Gasteiger partial charge in [-0.3, -0.25) is 4.79 Å². The Morgan fingerprint density at radius 2 is 1.80 bits per heavy atom. The van der Waals surface area contributed by atoms with E-state index < -0.39 is 30.5 Å². The summed E-state index contributed by atoms with van der Waals surface area (Å²) in [5.74, 6) is -0.689. The summed E-state index contributed by atoms with van der Waals surface area (Å²) in [6.07, 6.45) is -3.08. The molecule has 1 unspecified atom stereocenters. The third kappa shape index (κ3) is 5.44. The second-order valence-electron chi connectivity index (χ2n) is 6.56. The predicted molar refractivity (Wildman–Crippen MR) is 101 cm³/mol. The number of hydrogen-bond acceptors (Lipinski definition) is 4. The van der Waals surface area contributed by atoms with Crippen molar-refractivity contribution in [1.29, 1.82) is 0 Å². The number of hydrogen-bond donors (Lipinski definition) is 1. The number of nitrogens with one attached hydrogen (secondary N) is 1. The second-order valence-corrected chi connectivity index (χ2v) is 6.56. The molecule has 1 aromatic heterocycles. The van der Waals surface area contributed by atoms with Crippen molar-refractivity contribution in [2.75, 3.05) is 13.2 Å². The average molecular weight is 422 g/mol. The Kier molecular flexibility index (Phi) is 6.51. The molecule has 0 aliphatic heterocycles. The molecule has 0 spiro atoms. The summed E-state index contributed by atoms with van der Waals surface area (Å²) < 4.78 is 60.7. The number of halogens is 4. The third-order valence-corrected chi connectivity index (χ3v) is 4.06. The fraction of sp³-hybridized carbons (Fsp3) is 0.238. The van der Waals surface area contributed by atoms with Crippen LogP contribution in [0.15, 0.2) is 59.1 Å². The van der Waals surface area contributed by atoms with E-state index in [1.54, 1.807) is 36.4 Å². The molecule has 5 nitrogen and oxygen atoms in total. The normalized spacial score (nSPS) is 12.6. The molecule has 3 rings (SSSR count). The number of carbonyl (C=O) groups is 1. The van der Waals surface area contributed by atoms with E-state index in [9.17, 15) is 22.4 Å². The highest BCUT2D eigenvalue weighted by atomic mass is 19.4. The van der Waals surface area contributed by atoms with E-state index in [0.29, 0.717) is 5.56 Å². The van der Waals surface area contributed by atoms with E-state index in [0.717, 1.165) is 0 Å². The molecule has 1 heterocycles. The number of ether oxygens (including phenoxy) is 1. The van der Waals surface area contributed by atoms with Crippen molar-refractivity contribution in [3.63, 3.8) is 0 Å². The van der Waals surface area contributed by atoms with Gasteiger partial charge >= 0.3 is 6.18 Å². The quantitative estimate of drug-likeness (QED) is 0.553. The van der Waals surface area contributed by atoms with Crippen LogP contribution in [0.1, 0.15) is 17.3 Å². The monoisotopic (exact) mass is 422 g/mol. The third-order valence-electron chi connectivity index (χ3n) is 4.06. The molecule has 158 valence electrons. The summed E-state index contributed by atoms with van der Waals surface area (Å²) in [7, 11) is 0. The molecule has 0 radical (unpaired) electrons. The first-order valence-corrected chi connectivity index (χ1v) is 9.00. The predicted octanol–water partition coefficient (Wildman–Crippen LogP) is 4.84. The maximum absolute atomic E-state index is 14.0. The number of carbonyl (C=O) groups excluding carboxylic acids is 1. The van der Waals surface area contributed by atoms with Crippen LogP contribution in [0.3, 0.4) is 0 Å². The highest BCUT2D eigenvalue weighted by molar-refractivity contribution is 6.00. The first-order chi connectivity index (χ1) is 14.2. The van der Waals surface area contributed by atoms with Gasteiger partial charge in [-0.25, -0.2) is 9.37 Å². The molecule has 0 saturated carbocycles. The highest BCUT2D eigenvalue weighted by Gasteiger charge is 2.28. The van der Waals surface area contributed by atoms with Crippen LogP contribution in [0.4, 0.5) is 17.6 Å². The van der Waals surface area contributed by atoms with Crippen LogP contribution in [-0.2, 0) is 4.74 Å². The Labute approximate surface area is 169 Å². The molecule has 0 bridgehead atoms. The van der Waals surface area contributed by atoms with E-state index >= 15 is 0 Å². The number of oxazole rings is 1. The molecule has 9 heteroatoms. The van der Waals surface area contributed by atoms with E-state index in [2.05, 4.69) is 15.0 Å². The summed E-state index contributed by atoms with van der Waals surface area (Å²) in [6, 6.07) is 11.8. The lowest BCUT2D eigenvalue weighted by Gasteiger charge is -2.16. The van der Waals surface area contributed by atoms with Gasteiger partial charge in [0.2, 0.25) is 5.89 Å². The largest absolute Gasteiger partial charge is 0.436 e. The van der Waals surface area contributed by atoms with Crippen molar-refractivity contribution >= 4 is 5.91 Å². The van der Waals surface area contributed by atoms with Crippen molar-refractivity contribution in [3.8, 4) is 22.8 Å². The Hall–Kier alpha value is -3.20. The van der Waals surface area contributed by atoms with Crippen LogP contribution in [0.5, 0.6) is 0 Å². The molecule has 1 atom stereocenters. The summed E-state index contributed by atoms with van der Waals surface area (Å²) >= 11 is 0.